The molecule has 0 aliphatic carbocycles. The Bertz CT molecular complexity index is 924. The number of methoxy groups -OCH3 is 1. The summed E-state index contributed by atoms with van der Waals surface area (Å²) in [5, 5.41) is 2.69. The van der Waals surface area contributed by atoms with E-state index in [2.05, 4.69) is 38.1 Å². The fraction of sp³-hybridized carbons (Fsp3) is 0.182. The molecule has 0 unspecified atom stereocenters. The quantitative estimate of drug-likeness (QED) is 0.226. The van der Waals surface area contributed by atoms with Crippen LogP contribution in [0.4, 0.5) is 5.69 Å². The number of carbonyl (C=O) groups excluding carboxylic acids is 1. The summed E-state index contributed by atoms with van der Waals surface area (Å²) in [4.78, 5) is 18.6. The molecule has 0 bridgehead atoms. The maximum atomic E-state index is 10.8. The van der Waals surface area contributed by atoms with Crippen molar-refractivity contribution < 1.29 is 9.53 Å². The number of aryl methyl sites for hydroxylation is 1. The minimum atomic E-state index is 0.661. The summed E-state index contributed by atoms with van der Waals surface area (Å²) < 4.78 is 6.44. The molecule has 0 saturated carbocycles. The van der Waals surface area contributed by atoms with Crippen molar-refractivity contribution in [3.63, 3.8) is 0 Å². The first-order valence-electron chi connectivity index (χ1n) is 8.89. The standard InChI is InChI=1S/C22H24BrN3O2/c1-4-6-22(28-3)21(14-20-16(2)10-12-25-20)24-11-5-7-17-13-18(23)8-9-19(17)26-15-27/h5-15,25H,4H2,1-3H3,(H,26,27)/b7-5+,21-14-,22-6+,24-11-. The summed E-state index contributed by atoms with van der Waals surface area (Å²) in [7, 11) is 1.64. The Hall–Kier alpha value is -2.86. The number of benzene rings is 1. The molecule has 0 atom stereocenters. The van der Waals surface area contributed by atoms with Gasteiger partial charge in [-0.1, -0.05) is 28.9 Å². The Labute approximate surface area is 174 Å². The Morgan fingerprint density at radius 3 is 2.82 bits per heavy atom. The summed E-state index contributed by atoms with van der Waals surface area (Å²) in [6.45, 7) is 4.09. The average molecular weight is 442 g/mol. The molecule has 0 fully saturated rings. The number of aromatic nitrogens is 1. The molecule has 1 amide bonds. The molecular formula is C22H24BrN3O2. The van der Waals surface area contributed by atoms with Gasteiger partial charge in [0.05, 0.1) is 7.11 Å². The van der Waals surface area contributed by atoms with E-state index >= 15 is 0 Å². The van der Waals surface area contributed by atoms with Crippen LogP contribution in [0.5, 0.6) is 0 Å². The van der Waals surface area contributed by atoms with Crippen molar-refractivity contribution in [2.24, 2.45) is 4.99 Å². The summed E-state index contributed by atoms with van der Waals surface area (Å²) in [6.07, 6.45) is 12.8. The van der Waals surface area contributed by atoms with Crippen molar-refractivity contribution in [1.29, 1.82) is 0 Å². The number of hydrogen-bond acceptors (Lipinski definition) is 3. The number of H-pyrrole nitrogens is 1. The number of halogens is 1. The van der Waals surface area contributed by atoms with Crippen molar-refractivity contribution in [3.05, 3.63) is 75.4 Å². The first kappa shape index (κ1) is 21.4. The number of anilines is 1. The zero-order chi connectivity index (χ0) is 20.4. The Kier molecular flexibility index (Phi) is 8.49. The number of hydrogen-bond donors (Lipinski definition) is 2. The number of ether oxygens (including phenoxy) is 1. The SMILES string of the molecule is CC\C=C(OC)/C(=C/c1[nH]ccc1C)/N=C\C=C\c1cc(Br)ccc1NC=O. The fourth-order valence-electron chi connectivity index (χ4n) is 2.54. The summed E-state index contributed by atoms with van der Waals surface area (Å²) in [5.74, 6) is 0.715. The van der Waals surface area contributed by atoms with Crippen LogP contribution in [0.15, 0.2) is 63.5 Å². The smallest absolute Gasteiger partial charge is 0.211 e. The normalized spacial score (nSPS) is 12.7. The highest BCUT2D eigenvalue weighted by Crippen LogP contribution is 2.22. The van der Waals surface area contributed by atoms with E-state index in [4.69, 9.17) is 4.74 Å². The summed E-state index contributed by atoms with van der Waals surface area (Å²) >= 11 is 3.45. The van der Waals surface area contributed by atoms with Gasteiger partial charge in [0.15, 0.2) is 0 Å². The van der Waals surface area contributed by atoms with Gasteiger partial charge in [0, 0.05) is 28.3 Å². The van der Waals surface area contributed by atoms with Crippen molar-refractivity contribution in [2.45, 2.75) is 20.3 Å². The van der Waals surface area contributed by atoms with Crippen molar-refractivity contribution in [2.75, 3.05) is 12.4 Å². The van der Waals surface area contributed by atoms with E-state index in [1.54, 1.807) is 13.3 Å². The Balaban J connectivity index is 2.31. The van der Waals surface area contributed by atoms with Gasteiger partial charge in [-0.05, 0) is 67.0 Å². The average Bonchev–Trinajstić information content (AvgIpc) is 3.09. The van der Waals surface area contributed by atoms with Crippen LogP contribution in [-0.4, -0.2) is 24.7 Å². The maximum Gasteiger partial charge on any atom is 0.211 e. The van der Waals surface area contributed by atoms with E-state index in [0.717, 1.165) is 39.1 Å². The fourth-order valence-corrected chi connectivity index (χ4v) is 2.92. The maximum absolute atomic E-state index is 10.8. The molecule has 0 radical (unpaired) electrons. The summed E-state index contributed by atoms with van der Waals surface area (Å²) in [5.41, 5.74) is 4.44. The number of rotatable bonds is 9. The second-order valence-corrected chi connectivity index (χ2v) is 6.83. The number of nitrogens with one attached hydrogen (secondary N) is 2. The van der Waals surface area contributed by atoms with E-state index in [0.29, 0.717) is 12.2 Å². The zero-order valence-corrected chi connectivity index (χ0v) is 17.8. The highest BCUT2D eigenvalue weighted by atomic mass is 79.9. The van der Waals surface area contributed by atoms with Crippen LogP contribution in [0.3, 0.4) is 0 Å². The monoisotopic (exact) mass is 441 g/mol. The van der Waals surface area contributed by atoms with Crippen LogP contribution in [0, 0.1) is 6.92 Å². The van der Waals surface area contributed by atoms with Crippen LogP contribution in [-0.2, 0) is 9.53 Å². The minimum absolute atomic E-state index is 0.661. The molecule has 0 aliphatic heterocycles. The van der Waals surface area contributed by atoms with Crippen molar-refractivity contribution in [1.82, 2.24) is 4.98 Å². The van der Waals surface area contributed by atoms with Crippen molar-refractivity contribution >= 4 is 46.4 Å². The van der Waals surface area contributed by atoms with Gasteiger partial charge in [0.25, 0.3) is 0 Å². The van der Waals surface area contributed by atoms with E-state index < -0.39 is 0 Å². The number of carbonyl (C=O) groups is 1. The predicted molar refractivity (Wildman–Crippen MR) is 120 cm³/mol. The number of amides is 1. The van der Waals surface area contributed by atoms with Crippen LogP contribution in [0.25, 0.3) is 12.2 Å². The Morgan fingerprint density at radius 2 is 2.18 bits per heavy atom. The van der Waals surface area contributed by atoms with Gasteiger partial charge in [0.1, 0.15) is 11.5 Å². The van der Waals surface area contributed by atoms with Gasteiger partial charge in [-0.3, -0.25) is 9.79 Å². The van der Waals surface area contributed by atoms with Crippen molar-refractivity contribution in [3.8, 4) is 0 Å². The van der Waals surface area contributed by atoms with Gasteiger partial charge in [-0.25, -0.2) is 0 Å². The molecule has 0 spiro atoms. The lowest BCUT2D eigenvalue weighted by atomic mass is 10.1. The van der Waals surface area contributed by atoms with Gasteiger partial charge in [-0.15, -0.1) is 0 Å². The molecule has 146 valence electrons. The second-order valence-electron chi connectivity index (χ2n) is 5.92. The molecule has 0 aliphatic rings. The van der Waals surface area contributed by atoms with Gasteiger partial charge in [-0.2, -0.15) is 0 Å². The lowest BCUT2D eigenvalue weighted by Gasteiger charge is -2.07. The molecule has 0 saturated heterocycles. The lowest BCUT2D eigenvalue weighted by molar-refractivity contribution is -0.105. The highest BCUT2D eigenvalue weighted by molar-refractivity contribution is 9.10. The molecule has 2 aromatic rings. The minimum Gasteiger partial charge on any atom is -0.495 e. The molecule has 5 nitrogen and oxygen atoms in total. The number of nitrogens with zero attached hydrogens (tertiary/aromatic N) is 1. The number of allylic oxidation sites excluding steroid dienone is 2. The highest BCUT2D eigenvalue weighted by Gasteiger charge is 2.05. The van der Waals surface area contributed by atoms with E-state index in [1.165, 1.54) is 0 Å². The van der Waals surface area contributed by atoms with Crippen LogP contribution < -0.4 is 5.32 Å². The van der Waals surface area contributed by atoms with E-state index in [-0.39, 0.29) is 0 Å². The molecule has 1 aromatic heterocycles. The number of aliphatic imine (C=N–C) groups is 1. The topological polar surface area (TPSA) is 66.5 Å². The first-order valence-corrected chi connectivity index (χ1v) is 9.69. The van der Waals surface area contributed by atoms with Crippen LogP contribution in [0.2, 0.25) is 0 Å². The first-order chi connectivity index (χ1) is 13.6. The predicted octanol–water partition coefficient (Wildman–Crippen LogP) is 5.72. The van der Waals surface area contributed by atoms with Gasteiger partial charge < -0.3 is 15.0 Å². The molecule has 2 rings (SSSR count). The van der Waals surface area contributed by atoms with E-state index in [1.807, 2.05) is 61.7 Å². The van der Waals surface area contributed by atoms with E-state index in [9.17, 15) is 4.79 Å². The van der Waals surface area contributed by atoms with Gasteiger partial charge >= 0.3 is 0 Å². The zero-order valence-electron chi connectivity index (χ0n) is 16.2. The third-order valence-electron chi connectivity index (χ3n) is 3.94. The third kappa shape index (κ3) is 6.09. The largest absolute Gasteiger partial charge is 0.495 e. The lowest BCUT2D eigenvalue weighted by Crippen LogP contribution is -1.96. The molecular weight excluding hydrogens is 418 g/mol. The van der Waals surface area contributed by atoms with Crippen LogP contribution >= 0.6 is 15.9 Å². The molecule has 1 heterocycles. The molecule has 28 heavy (non-hydrogen) atoms. The second kappa shape index (κ2) is 11.1. The van der Waals surface area contributed by atoms with Gasteiger partial charge in [0.2, 0.25) is 6.41 Å². The molecule has 1 aromatic carbocycles. The Morgan fingerprint density at radius 1 is 1.36 bits per heavy atom. The number of aromatic amines is 1. The van der Waals surface area contributed by atoms with Crippen LogP contribution in [0.1, 0.15) is 30.2 Å². The third-order valence-corrected chi connectivity index (χ3v) is 4.44. The molecule has 2 N–H and O–H groups in total. The summed E-state index contributed by atoms with van der Waals surface area (Å²) in [6, 6.07) is 7.64. The molecule has 6 heteroatoms.